The highest BCUT2D eigenvalue weighted by Gasteiger charge is 2.38. The van der Waals surface area contributed by atoms with Crippen LogP contribution in [0, 0.1) is 0 Å². The van der Waals surface area contributed by atoms with Crippen LogP contribution in [-0.2, 0) is 14.2 Å². The van der Waals surface area contributed by atoms with Crippen LogP contribution >= 0.6 is 0 Å². The van der Waals surface area contributed by atoms with Crippen molar-refractivity contribution >= 4 is 0 Å². The minimum absolute atomic E-state index is 0.109. The molecule has 3 rings (SSSR count). The molecule has 0 aromatic rings. The first-order valence-corrected chi connectivity index (χ1v) is 7.93. The predicted molar refractivity (Wildman–Crippen MR) is 73.4 cm³/mol. The van der Waals surface area contributed by atoms with Gasteiger partial charge in [0.1, 0.15) is 0 Å². The molecule has 3 aliphatic heterocycles. The second-order valence-corrected chi connectivity index (χ2v) is 6.21. The van der Waals surface area contributed by atoms with Gasteiger partial charge in [0.15, 0.2) is 0 Å². The van der Waals surface area contributed by atoms with Crippen molar-refractivity contribution in [2.24, 2.45) is 0 Å². The molecule has 110 valence electrons. The van der Waals surface area contributed by atoms with Gasteiger partial charge in [0, 0.05) is 32.5 Å². The number of nitrogens with one attached hydrogen (secondary N) is 1. The van der Waals surface area contributed by atoms with Crippen molar-refractivity contribution in [3.63, 3.8) is 0 Å². The summed E-state index contributed by atoms with van der Waals surface area (Å²) in [5.74, 6) is 0. The highest BCUT2D eigenvalue weighted by molar-refractivity contribution is 4.91. The Morgan fingerprint density at radius 2 is 1.95 bits per heavy atom. The van der Waals surface area contributed by atoms with E-state index in [0.29, 0.717) is 12.1 Å². The lowest BCUT2D eigenvalue weighted by molar-refractivity contribution is -0.140. The van der Waals surface area contributed by atoms with Gasteiger partial charge in [-0.3, -0.25) is 0 Å². The largest absolute Gasteiger partial charge is 0.381 e. The Labute approximate surface area is 116 Å². The van der Waals surface area contributed by atoms with Crippen LogP contribution < -0.4 is 5.32 Å². The second kappa shape index (κ2) is 6.53. The third-order valence-corrected chi connectivity index (χ3v) is 4.82. The van der Waals surface area contributed by atoms with Crippen LogP contribution in [0.15, 0.2) is 0 Å². The zero-order chi connectivity index (χ0) is 13.0. The molecule has 2 atom stereocenters. The van der Waals surface area contributed by atoms with Crippen molar-refractivity contribution in [3.05, 3.63) is 0 Å². The summed E-state index contributed by atoms with van der Waals surface area (Å²) < 4.78 is 17.2. The van der Waals surface area contributed by atoms with Crippen molar-refractivity contribution in [2.75, 3.05) is 33.0 Å². The van der Waals surface area contributed by atoms with Crippen molar-refractivity contribution < 1.29 is 14.2 Å². The number of ether oxygens (including phenoxy) is 3. The van der Waals surface area contributed by atoms with E-state index in [1.807, 2.05) is 0 Å². The fourth-order valence-electron chi connectivity index (χ4n) is 3.61. The smallest absolute Gasteiger partial charge is 0.0741 e. The maximum Gasteiger partial charge on any atom is 0.0741 e. The quantitative estimate of drug-likeness (QED) is 0.846. The van der Waals surface area contributed by atoms with E-state index >= 15 is 0 Å². The molecule has 0 radical (unpaired) electrons. The minimum Gasteiger partial charge on any atom is -0.381 e. The molecule has 2 unspecified atom stereocenters. The summed E-state index contributed by atoms with van der Waals surface area (Å²) in [5, 5.41) is 3.72. The zero-order valence-corrected chi connectivity index (χ0v) is 11.9. The Hall–Kier alpha value is -0.160. The molecular weight excluding hydrogens is 242 g/mol. The predicted octanol–water partition coefficient (Wildman–Crippen LogP) is 1.87. The normalized spacial score (nSPS) is 34.7. The molecule has 19 heavy (non-hydrogen) atoms. The zero-order valence-electron chi connectivity index (χ0n) is 11.9. The van der Waals surface area contributed by atoms with Crippen molar-refractivity contribution in [1.29, 1.82) is 0 Å². The summed E-state index contributed by atoms with van der Waals surface area (Å²) in [4.78, 5) is 0. The molecule has 3 heterocycles. The van der Waals surface area contributed by atoms with Gasteiger partial charge in [-0.05, 0) is 51.5 Å². The lowest BCUT2D eigenvalue weighted by Crippen LogP contribution is -2.50. The summed E-state index contributed by atoms with van der Waals surface area (Å²) in [7, 11) is 0. The van der Waals surface area contributed by atoms with Gasteiger partial charge < -0.3 is 19.5 Å². The molecule has 3 fully saturated rings. The standard InChI is InChI=1S/C15H27NO3/c1-2-14(18-8-1)3-7-16-13-4-9-19-15(12-13)5-10-17-11-6-15/h13-14,16H,1-12H2. The van der Waals surface area contributed by atoms with Gasteiger partial charge in [0.05, 0.1) is 11.7 Å². The van der Waals surface area contributed by atoms with Crippen LogP contribution in [0.1, 0.15) is 44.9 Å². The Morgan fingerprint density at radius 1 is 1.05 bits per heavy atom. The van der Waals surface area contributed by atoms with Crippen molar-refractivity contribution in [1.82, 2.24) is 5.32 Å². The molecule has 0 aromatic carbocycles. The monoisotopic (exact) mass is 269 g/mol. The van der Waals surface area contributed by atoms with Crippen LogP contribution in [0.5, 0.6) is 0 Å². The summed E-state index contributed by atoms with van der Waals surface area (Å²) >= 11 is 0. The van der Waals surface area contributed by atoms with Crippen LogP contribution in [0.4, 0.5) is 0 Å². The Balaban J connectivity index is 1.40. The molecule has 0 saturated carbocycles. The van der Waals surface area contributed by atoms with Gasteiger partial charge in [-0.2, -0.15) is 0 Å². The van der Waals surface area contributed by atoms with Crippen LogP contribution in [0.25, 0.3) is 0 Å². The molecule has 3 aliphatic rings. The van der Waals surface area contributed by atoms with Gasteiger partial charge in [-0.1, -0.05) is 0 Å². The van der Waals surface area contributed by atoms with E-state index in [4.69, 9.17) is 14.2 Å². The lowest BCUT2D eigenvalue weighted by atomic mass is 9.84. The van der Waals surface area contributed by atoms with Gasteiger partial charge in [-0.25, -0.2) is 0 Å². The van der Waals surface area contributed by atoms with E-state index in [1.54, 1.807) is 0 Å². The fraction of sp³-hybridized carbons (Fsp3) is 1.00. The lowest BCUT2D eigenvalue weighted by Gasteiger charge is -2.43. The number of hydrogen-bond donors (Lipinski definition) is 1. The molecule has 0 bridgehead atoms. The van der Waals surface area contributed by atoms with Gasteiger partial charge in [-0.15, -0.1) is 0 Å². The van der Waals surface area contributed by atoms with E-state index in [2.05, 4.69) is 5.32 Å². The average molecular weight is 269 g/mol. The van der Waals surface area contributed by atoms with E-state index in [0.717, 1.165) is 65.1 Å². The maximum absolute atomic E-state index is 6.07. The average Bonchev–Trinajstić information content (AvgIpc) is 2.93. The molecule has 3 saturated heterocycles. The first kappa shape index (κ1) is 13.8. The number of rotatable bonds is 4. The molecule has 4 nitrogen and oxygen atoms in total. The Kier molecular flexibility index (Phi) is 4.74. The third kappa shape index (κ3) is 3.69. The SMILES string of the molecule is C1COC(CCNC2CCOC3(CCOCC3)C2)C1. The third-order valence-electron chi connectivity index (χ3n) is 4.82. The summed E-state index contributed by atoms with van der Waals surface area (Å²) in [6.45, 7) is 4.68. The topological polar surface area (TPSA) is 39.7 Å². The molecule has 0 aromatic heterocycles. The van der Waals surface area contributed by atoms with E-state index in [9.17, 15) is 0 Å². The Bertz CT molecular complexity index is 267. The first-order chi connectivity index (χ1) is 9.36. The minimum atomic E-state index is 0.109. The number of hydrogen-bond acceptors (Lipinski definition) is 4. The fourth-order valence-corrected chi connectivity index (χ4v) is 3.61. The van der Waals surface area contributed by atoms with E-state index in [1.165, 1.54) is 12.8 Å². The van der Waals surface area contributed by atoms with Gasteiger partial charge >= 0.3 is 0 Å². The van der Waals surface area contributed by atoms with Crippen LogP contribution in [0.3, 0.4) is 0 Å². The van der Waals surface area contributed by atoms with Crippen LogP contribution in [0.2, 0.25) is 0 Å². The molecule has 1 N–H and O–H groups in total. The highest BCUT2D eigenvalue weighted by Crippen LogP contribution is 2.34. The first-order valence-electron chi connectivity index (χ1n) is 7.93. The van der Waals surface area contributed by atoms with Crippen molar-refractivity contribution in [2.45, 2.75) is 62.7 Å². The molecule has 0 amide bonds. The summed E-state index contributed by atoms with van der Waals surface area (Å²) in [6, 6.07) is 0.619. The van der Waals surface area contributed by atoms with E-state index in [-0.39, 0.29) is 5.60 Å². The summed E-state index contributed by atoms with van der Waals surface area (Å²) in [6.07, 6.45) is 8.59. The maximum atomic E-state index is 6.07. The summed E-state index contributed by atoms with van der Waals surface area (Å²) in [5.41, 5.74) is 0.109. The molecule has 1 spiro atoms. The van der Waals surface area contributed by atoms with Crippen LogP contribution in [-0.4, -0.2) is 50.7 Å². The van der Waals surface area contributed by atoms with Gasteiger partial charge in [0.2, 0.25) is 0 Å². The molecule has 4 heteroatoms. The molecular formula is C15H27NO3. The van der Waals surface area contributed by atoms with Crippen molar-refractivity contribution in [3.8, 4) is 0 Å². The highest BCUT2D eigenvalue weighted by atomic mass is 16.5. The van der Waals surface area contributed by atoms with Gasteiger partial charge in [0.25, 0.3) is 0 Å². The second-order valence-electron chi connectivity index (χ2n) is 6.21. The Morgan fingerprint density at radius 3 is 2.74 bits per heavy atom. The van der Waals surface area contributed by atoms with E-state index < -0.39 is 0 Å². The molecule has 0 aliphatic carbocycles.